The highest BCUT2D eigenvalue weighted by molar-refractivity contribution is 6.11. The van der Waals surface area contributed by atoms with Crippen LogP contribution < -0.4 is 0 Å². The van der Waals surface area contributed by atoms with Gasteiger partial charge in [-0.1, -0.05) is 24.3 Å². The molecule has 9 heteroatoms. The lowest BCUT2D eigenvalue weighted by atomic mass is 9.75. The van der Waals surface area contributed by atoms with Crippen LogP contribution in [0.5, 0.6) is 0 Å². The standard InChI is InChI=1S/C23H22F3N3O3/c1-28(14-17-7-2-3-10-27-17)19(30)12-22(13-20(31)29(21(22)32)18-8-9-18)15-5-4-6-16(11-15)23(24,25)26/h2-7,10-11,18H,8-9,12-14H2,1H3. The highest BCUT2D eigenvalue weighted by atomic mass is 19.4. The van der Waals surface area contributed by atoms with Gasteiger partial charge in [0.25, 0.3) is 0 Å². The van der Waals surface area contributed by atoms with Crippen molar-refractivity contribution in [3.05, 3.63) is 65.5 Å². The number of hydrogen-bond donors (Lipinski definition) is 0. The molecule has 2 aromatic rings. The molecule has 2 heterocycles. The smallest absolute Gasteiger partial charge is 0.340 e. The van der Waals surface area contributed by atoms with Gasteiger partial charge in [-0.05, 0) is 36.6 Å². The number of hydrogen-bond acceptors (Lipinski definition) is 4. The number of likely N-dealkylation sites (tertiary alicyclic amines) is 1. The maximum atomic E-state index is 13.4. The summed E-state index contributed by atoms with van der Waals surface area (Å²) >= 11 is 0. The van der Waals surface area contributed by atoms with Crippen molar-refractivity contribution < 1.29 is 27.6 Å². The van der Waals surface area contributed by atoms with Crippen molar-refractivity contribution in [3.63, 3.8) is 0 Å². The van der Waals surface area contributed by atoms with Crippen LogP contribution in [0.15, 0.2) is 48.7 Å². The topological polar surface area (TPSA) is 70.6 Å². The lowest BCUT2D eigenvalue weighted by Gasteiger charge is -2.29. The van der Waals surface area contributed by atoms with Crippen molar-refractivity contribution in [2.45, 2.75) is 49.9 Å². The number of benzene rings is 1. The Morgan fingerprint density at radius 2 is 1.94 bits per heavy atom. The van der Waals surface area contributed by atoms with Crippen molar-refractivity contribution in [2.24, 2.45) is 0 Å². The number of carbonyl (C=O) groups excluding carboxylic acids is 3. The van der Waals surface area contributed by atoms with Gasteiger partial charge in [-0.25, -0.2) is 0 Å². The zero-order valence-corrected chi connectivity index (χ0v) is 17.4. The molecule has 0 radical (unpaired) electrons. The van der Waals surface area contributed by atoms with Crippen LogP contribution in [0.2, 0.25) is 0 Å². The minimum Gasteiger partial charge on any atom is -0.340 e. The molecule has 1 saturated heterocycles. The second kappa shape index (κ2) is 8.03. The van der Waals surface area contributed by atoms with E-state index in [4.69, 9.17) is 0 Å². The van der Waals surface area contributed by atoms with Gasteiger partial charge in [0.15, 0.2) is 0 Å². The van der Waals surface area contributed by atoms with Gasteiger partial charge in [0.2, 0.25) is 17.7 Å². The lowest BCUT2D eigenvalue weighted by molar-refractivity contribution is -0.143. The molecule has 2 aliphatic rings. The largest absolute Gasteiger partial charge is 0.416 e. The molecule has 1 aliphatic heterocycles. The summed E-state index contributed by atoms with van der Waals surface area (Å²) in [7, 11) is 1.54. The number of aromatic nitrogens is 1. The van der Waals surface area contributed by atoms with Crippen LogP contribution in [0.3, 0.4) is 0 Å². The van der Waals surface area contributed by atoms with E-state index in [1.165, 1.54) is 24.1 Å². The van der Waals surface area contributed by atoms with E-state index in [1.54, 1.807) is 24.4 Å². The molecular formula is C23H22F3N3O3. The molecule has 32 heavy (non-hydrogen) atoms. The van der Waals surface area contributed by atoms with E-state index in [2.05, 4.69) is 4.98 Å². The predicted octanol–water partition coefficient (Wildman–Crippen LogP) is 3.31. The Labute approximate surface area is 183 Å². The fraction of sp³-hybridized carbons (Fsp3) is 0.391. The molecule has 0 bridgehead atoms. The first-order chi connectivity index (χ1) is 15.1. The summed E-state index contributed by atoms with van der Waals surface area (Å²) in [6, 6.07) is 9.41. The van der Waals surface area contributed by atoms with E-state index in [0.29, 0.717) is 18.5 Å². The minimum atomic E-state index is -4.61. The van der Waals surface area contributed by atoms with Crippen LogP contribution in [-0.4, -0.2) is 45.6 Å². The van der Waals surface area contributed by atoms with E-state index >= 15 is 0 Å². The first-order valence-electron chi connectivity index (χ1n) is 10.3. The van der Waals surface area contributed by atoms with Gasteiger partial charge in [-0.15, -0.1) is 0 Å². The summed E-state index contributed by atoms with van der Waals surface area (Å²) in [6.45, 7) is 0.173. The van der Waals surface area contributed by atoms with E-state index in [0.717, 1.165) is 17.0 Å². The molecule has 6 nitrogen and oxygen atoms in total. The highest BCUT2D eigenvalue weighted by Crippen LogP contribution is 2.45. The zero-order valence-electron chi connectivity index (χ0n) is 17.4. The molecular weight excluding hydrogens is 423 g/mol. The van der Waals surface area contributed by atoms with Gasteiger partial charge in [-0.3, -0.25) is 24.3 Å². The normalized spacial score (nSPS) is 21.2. The lowest BCUT2D eigenvalue weighted by Crippen LogP contribution is -2.43. The van der Waals surface area contributed by atoms with Gasteiger partial charge in [-0.2, -0.15) is 13.2 Å². The number of pyridine rings is 1. The Bertz CT molecular complexity index is 1050. The van der Waals surface area contributed by atoms with E-state index in [1.807, 2.05) is 0 Å². The Morgan fingerprint density at radius 3 is 2.56 bits per heavy atom. The van der Waals surface area contributed by atoms with E-state index in [9.17, 15) is 27.6 Å². The summed E-state index contributed by atoms with van der Waals surface area (Å²) < 4.78 is 40.1. The van der Waals surface area contributed by atoms with Crippen LogP contribution in [-0.2, 0) is 32.5 Å². The number of amides is 3. The van der Waals surface area contributed by atoms with Gasteiger partial charge in [0.1, 0.15) is 0 Å². The summed E-state index contributed by atoms with van der Waals surface area (Å²) in [5.41, 5.74) is -1.91. The molecule has 1 saturated carbocycles. The van der Waals surface area contributed by atoms with E-state index < -0.39 is 41.3 Å². The Hall–Kier alpha value is -3.23. The Morgan fingerprint density at radius 1 is 1.19 bits per heavy atom. The van der Waals surface area contributed by atoms with Gasteiger partial charge in [0.05, 0.1) is 23.2 Å². The molecule has 1 aromatic heterocycles. The van der Waals surface area contributed by atoms with Crippen LogP contribution in [0.1, 0.15) is 42.5 Å². The van der Waals surface area contributed by atoms with Crippen LogP contribution in [0, 0.1) is 0 Å². The van der Waals surface area contributed by atoms with Crippen LogP contribution >= 0.6 is 0 Å². The quantitative estimate of drug-likeness (QED) is 0.640. The average molecular weight is 445 g/mol. The number of rotatable bonds is 6. The number of imide groups is 1. The SMILES string of the molecule is CN(Cc1ccccn1)C(=O)CC1(c2cccc(C(F)(F)F)c2)CC(=O)N(C2CC2)C1=O. The van der Waals surface area contributed by atoms with Gasteiger partial charge in [0, 0.05) is 32.1 Å². The third-order valence-electron chi connectivity index (χ3n) is 6.01. The maximum absolute atomic E-state index is 13.4. The van der Waals surface area contributed by atoms with Crippen molar-refractivity contribution in [1.29, 1.82) is 0 Å². The highest BCUT2D eigenvalue weighted by Gasteiger charge is 2.57. The molecule has 1 aliphatic carbocycles. The van der Waals surface area contributed by atoms with Crippen LogP contribution in [0.25, 0.3) is 0 Å². The molecule has 2 fully saturated rings. The molecule has 1 unspecified atom stereocenters. The molecule has 1 atom stereocenters. The van der Waals surface area contributed by atoms with Crippen LogP contribution in [0.4, 0.5) is 13.2 Å². The van der Waals surface area contributed by atoms with Crippen molar-refractivity contribution in [1.82, 2.24) is 14.8 Å². The fourth-order valence-corrected chi connectivity index (χ4v) is 4.14. The van der Waals surface area contributed by atoms with E-state index in [-0.39, 0.29) is 24.6 Å². The summed E-state index contributed by atoms with van der Waals surface area (Å²) in [6.07, 6.45) is -2.41. The molecule has 0 N–H and O–H groups in total. The molecule has 168 valence electrons. The summed E-state index contributed by atoms with van der Waals surface area (Å²) in [4.78, 5) is 46.0. The first kappa shape index (κ1) is 22.0. The molecule has 1 aromatic carbocycles. The van der Waals surface area contributed by atoms with Gasteiger partial charge < -0.3 is 4.90 Å². The second-order valence-corrected chi connectivity index (χ2v) is 8.39. The van der Waals surface area contributed by atoms with Crippen molar-refractivity contribution in [2.75, 3.05) is 7.05 Å². The molecule has 3 amide bonds. The number of carbonyl (C=O) groups is 3. The Kier molecular flexibility index (Phi) is 5.52. The number of alkyl halides is 3. The summed E-state index contributed by atoms with van der Waals surface area (Å²) in [5, 5.41) is 0. The number of halogens is 3. The predicted molar refractivity (Wildman–Crippen MR) is 108 cm³/mol. The van der Waals surface area contributed by atoms with Crippen molar-refractivity contribution in [3.8, 4) is 0 Å². The van der Waals surface area contributed by atoms with Crippen molar-refractivity contribution >= 4 is 17.7 Å². The minimum absolute atomic E-state index is 0.0356. The average Bonchev–Trinajstić information content (AvgIpc) is 3.54. The maximum Gasteiger partial charge on any atom is 0.416 e. The van der Waals surface area contributed by atoms with Gasteiger partial charge >= 0.3 is 6.18 Å². The third kappa shape index (κ3) is 4.11. The number of nitrogens with zero attached hydrogens (tertiary/aromatic N) is 3. The first-order valence-corrected chi connectivity index (χ1v) is 10.3. The zero-order chi connectivity index (χ0) is 23.1. The fourth-order valence-electron chi connectivity index (χ4n) is 4.14. The molecule has 0 spiro atoms. The molecule has 4 rings (SSSR count). The monoisotopic (exact) mass is 445 g/mol. The third-order valence-corrected chi connectivity index (χ3v) is 6.01. The Balaban J connectivity index is 1.68. The second-order valence-electron chi connectivity index (χ2n) is 8.39. The summed E-state index contributed by atoms with van der Waals surface area (Å²) in [5.74, 6) is -1.49.